The fraction of sp³-hybridized carbons (Fsp3) is 0.857. The second-order valence-corrected chi connectivity index (χ2v) is 3.83. The van der Waals surface area contributed by atoms with Crippen LogP contribution in [-0.2, 0) is 0 Å². The molecule has 10 heavy (non-hydrogen) atoms. The van der Waals surface area contributed by atoms with Gasteiger partial charge in [-0.2, -0.15) is 0 Å². The fourth-order valence-corrected chi connectivity index (χ4v) is 1.98. The smallest absolute Gasteiger partial charge is 0.0691 e. The molecule has 2 nitrogen and oxygen atoms in total. The van der Waals surface area contributed by atoms with E-state index in [0.717, 1.165) is 13.0 Å². The molecule has 2 N–H and O–H groups in total. The van der Waals surface area contributed by atoms with Gasteiger partial charge in [-0.1, -0.05) is 0 Å². The van der Waals surface area contributed by atoms with Gasteiger partial charge in [-0.15, -0.1) is 11.8 Å². The highest BCUT2D eigenvalue weighted by Gasteiger charge is 2.06. The molecular formula is C7H14N2S. The van der Waals surface area contributed by atoms with Crippen molar-refractivity contribution in [1.29, 1.82) is 0 Å². The summed E-state index contributed by atoms with van der Waals surface area (Å²) in [4.78, 5) is 4.37. The van der Waals surface area contributed by atoms with Gasteiger partial charge >= 0.3 is 0 Å². The van der Waals surface area contributed by atoms with Crippen molar-refractivity contribution in [3.05, 3.63) is 0 Å². The molecular weight excluding hydrogens is 144 g/mol. The second-order valence-electron chi connectivity index (χ2n) is 2.66. The van der Waals surface area contributed by atoms with E-state index in [-0.39, 0.29) is 6.04 Å². The Balaban J connectivity index is 2.31. The van der Waals surface area contributed by atoms with Crippen LogP contribution in [0.4, 0.5) is 0 Å². The van der Waals surface area contributed by atoms with Crippen LogP contribution in [0.25, 0.3) is 0 Å². The molecule has 1 aliphatic heterocycles. The first-order valence-electron chi connectivity index (χ1n) is 3.71. The highest BCUT2D eigenvalue weighted by molar-refractivity contribution is 8.14. The number of nitrogens with two attached hydrogens (primary N) is 1. The highest BCUT2D eigenvalue weighted by Crippen LogP contribution is 2.15. The standard InChI is InChI=1S/C7H14N2S/c1-6(8)5-7-9-3-2-4-10-7/h6H,2-5,8H2,1H3. The Bertz CT molecular complexity index is 132. The molecule has 0 saturated carbocycles. The summed E-state index contributed by atoms with van der Waals surface area (Å²) in [6.45, 7) is 3.03. The van der Waals surface area contributed by atoms with Gasteiger partial charge in [0.2, 0.25) is 0 Å². The van der Waals surface area contributed by atoms with E-state index in [0.29, 0.717) is 0 Å². The maximum absolute atomic E-state index is 5.63. The summed E-state index contributed by atoms with van der Waals surface area (Å²) in [5, 5.41) is 1.25. The van der Waals surface area contributed by atoms with Crippen molar-refractivity contribution in [3.8, 4) is 0 Å². The maximum atomic E-state index is 5.63. The van der Waals surface area contributed by atoms with Gasteiger partial charge in [0.25, 0.3) is 0 Å². The number of aliphatic imine (C=N–C) groups is 1. The molecule has 0 amide bonds. The van der Waals surface area contributed by atoms with Gasteiger partial charge in [-0.05, 0) is 13.3 Å². The van der Waals surface area contributed by atoms with E-state index in [2.05, 4.69) is 4.99 Å². The molecule has 1 atom stereocenters. The molecule has 0 saturated heterocycles. The van der Waals surface area contributed by atoms with Crippen molar-refractivity contribution < 1.29 is 0 Å². The SMILES string of the molecule is CC(N)CC1=NCCCS1. The third kappa shape index (κ3) is 2.71. The Hall–Kier alpha value is -0.0200. The molecule has 1 rings (SSSR count). The van der Waals surface area contributed by atoms with Crippen LogP contribution in [0.2, 0.25) is 0 Å². The molecule has 0 fully saturated rings. The van der Waals surface area contributed by atoms with Gasteiger partial charge in [-0.3, -0.25) is 4.99 Å². The van der Waals surface area contributed by atoms with E-state index in [1.54, 1.807) is 0 Å². The summed E-state index contributed by atoms with van der Waals surface area (Å²) in [5.41, 5.74) is 5.63. The van der Waals surface area contributed by atoms with E-state index in [4.69, 9.17) is 5.73 Å². The van der Waals surface area contributed by atoms with E-state index >= 15 is 0 Å². The number of thioether (sulfide) groups is 1. The lowest BCUT2D eigenvalue weighted by atomic mass is 10.3. The average molecular weight is 158 g/mol. The predicted molar refractivity (Wildman–Crippen MR) is 47.6 cm³/mol. The van der Waals surface area contributed by atoms with Crippen LogP contribution in [0, 0.1) is 0 Å². The molecule has 0 aromatic heterocycles. The first-order valence-corrected chi connectivity index (χ1v) is 4.69. The summed E-state index contributed by atoms with van der Waals surface area (Å²) < 4.78 is 0. The van der Waals surface area contributed by atoms with Gasteiger partial charge < -0.3 is 5.73 Å². The van der Waals surface area contributed by atoms with Gasteiger partial charge in [0.1, 0.15) is 0 Å². The predicted octanol–water partition coefficient (Wildman–Crippen LogP) is 1.26. The molecule has 1 heterocycles. The van der Waals surface area contributed by atoms with Crippen LogP contribution in [0.15, 0.2) is 4.99 Å². The normalized spacial score (nSPS) is 22.0. The van der Waals surface area contributed by atoms with Crippen molar-refractivity contribution in [2.24, 2.45) is 10.7 Å². The highest BCUT2D eigenvalue weighted by atomic mass is 32.2. The minimum absolute atomic E-state index is 0.268. The van der Waals surface area contributed by atoms with E-state index in [9.17, 15) is 0 Å². The van der Waals surface area contributed by atoms with Gasteiger partial charge in [-0.25, -0.2) is 0 Å². The number of hydrogen-bond donors (Lipinski definition) is 1. The van der Waals surface area contributed by atoms with Crippen LogP contribution in [0.5, 0.6) is 0 Å². The first kappa shape index (κ1) is 8.08. The van der Waals surface area contributed by atoms with Crippen molar-refractivity contribution in [1.82, 2.24) is 0 Å². The summed E-state index contributed by atoms with van der Waals surface area (Å²) in [7, 11) is 0. The quantitative estimate of drug-likeness (QED) is 0.657. The molecule has 0 spiro atoms. The number of rotatable bonds is 2. The monoisotopic (exact) mass is 158 g/mol. The Morgan fingerprint density at radius 3 is 3.10 bits per heavy atom. The fourth-order valence-electron chi connectivity index (χ4n) is 0.903. The third-order valence-electron chi connectivity index (χ3n) is 1.36. The molecule has 1 unspecified atom stereocenters. The van der Waals surface area contributed by atoms with Crippen LogP contribution in [0.3, 0.4) is 0 Å². The first-order chi connectivity index (χ1) is 4.79. The molecule has 1 aliphatic rings. The molecule has 0 radical (unpaired) electrons. The lowest BCUT2D eigenvalue weighted by Crippen LogP contribution is -2.19. The minimum atomic E-state index is 0.268. The van der Waals surface area contributed by atoms with E-state index in [1.807, 2.05) is 18.7 Å². The van der Waals surface area contributed by atoms with Crippen molar-refractivity contribution in [3.63, 3.8) is 0 Å². The van der Waals surface area contributed by atoms with Gasteiger partial charge in [0, 0.05) is 24.8 Å². The van der Waals surface area contributed by atoms with Crippen LogP contribution in [-0.4, -0.2) is 23.4 Å². The Labute approximate surface area is 66.3 Å². The van der Waals surface area contributed by atoms with Crippen LogP contribution >= 0.6 is 11.8 Å². The number of nitrogens with zero attached hydrogens (tertiary/aromatic N) is 1. The molecule has 0 aliphatic carbocycles. The summed E-state index contributed by atoms with van der Waals surface area (Å²) in [6.07, 6.45) is 2.19. The summed E-state index contributed by atoms with van der Waals surface area (Å²) in [5.74, 6) is 1.23. The van der Waals surface area contributed by atoms with E-state index < -0.39 is 0 Å². The van der Waals surface area contributed by atoms with Crippen molar-refractivity contribution in [2.75, 3.05) is 12.3 Å². The largest absolute Gasteiger partial charge is 0.328 e. The minimum Gasteiger partial charge on any atom is -0.328 e. The maximum Gasteiger partial charge on any atom is 0.0691 e. The average Bonchev–Trinajstić information content (AvgIpc) is 1.88. The Morgan fingerprint density at radius 1 is 1.80 bits per heavy atom. The van der Waals surface area contributed by atoms with Crippen molar-refractivity contribution in [2.45, 2.75) is 25.8 Å². The third-order valence-corrected chi connectivity index (χ3v) is 2.48. The Morgan fingerprint density at radius 2 is 2.60 bits per heavy atom. The van der Waals surface area contributed by atoms with Crippen LogP contribution in [0.1, 0.15) is 19.8 Å². The summed E-state index contributed by atoms with van der Waals surface area (Å²) >= 11 is 1.86. The summed E-state index contributed by atoms with van der Waals surface area (Å²) in [6, 6.07) is 0.268. The lowest BCUT2D eigenvalue weighted by Gasteiger charge is -2.12. The zero-order chi connectivity index (χ0) is 7.40. The molecule has 3 heteroatoms. The Kier molecular flexibility index (Phi) is 3.22. The lowest BCUT2D eigenvalue weighted by molar-refractivity contribution is 0.777. The zero-order valence-electron chi connectivity index (χ0n) is 6.34. The molecule has 0 bridgehead atoms. The second kappa shape index (κ2) is 3.98. The molecule has 0 aromatic carbocycles. The van der Waals surface area contributed by atoms with Crippen LogP contribution < -0.4 is 5.73 Å². The van der Waals surface area contributed by atoms with Crippen molar-refractivity contribution >= 4 is 16.8 Å². The zero-order valence-corrected chi connectivity index (χ0v) is 7.16. The number of hydrogen-bond acceptors (Lipinski definition) is 3. The van der Waals surface area contributed by atoms with Gasteiger partial charge in [0.15, 0.2) is 0 Å². The topological polar surface area (TPSA) is 38.4 Å². The molecule has 58 valence electrons. The molecule has 0 aromatic rings. The van der Waals surface area contributed by atoms with Gasteiger partial charge in [0.05, 0.1) is 5.04 Å². The van der Waals surface area contributed by atoms with E-state index in [1.165, 1.54) is 17.2 Å².